The van der Waals surface area contributed by atoms with Crippen LogP contribution < -0.4 is 10.1 Å². The highest BCUT2D eigenvalue weighted by Gasteiger charge is 2.15. The van der Waals surface area contributed by atoms with Crippen molar-refractivity contribution in [3.63, 3.8) is 0 Å². The molecule has 0 saturated carbocycles. The number of halogens is 1. The number of nitrogens with one attached hydrogen (secondary N) is 1. The van der Waals surface area contributed by atoms with Crippen LogP contribution in [0.4, 0.5) is 0 Å². The fourth-order valence-electron chi connectivity index (χ4n) is 2.27. The van der Waals surface area contributed by atoms with Gasteiger partial charge in [-0.2, -0.15) is 0 Å². The van der Waals surface area contributed by atoms with Crippen molar-refractivity contribution >= 4 is 15.9 Å². The van der Waals surface area contributed by atoms with Crippen LogP contribution in [0.1, 0.15) is 38.7 Å². The first-order valence-corrected chi connectivity index (χ1v) is 8.20. The van der Waals surface area contributed by atoms with Crippen LogP contribution in [0.15, 0.2) is 22.7 Å². The molecule has 1 heterocycles. The van der Waals surface area contributed by atoms with Gasteiger partial charge in [0.1, 0.15) is 5.75 Å². The fourth-order valence-corrected chi connectivity index (χ4v) is 2.81. The van der Waals surface area contributed by atoms with Crippen molar-refractivity contribution in [1.82, 2.24) is 5.32 Å². The summed E-state index contributed by atoms with van der Waals surface area (Å²) in [6.07, 6.45) is 3.72. The van der Waals surface area contributed by atoms with Crippen LogP contribution in [-0.2, 0) is 11.3 Å². The standard InChI is InChI=1S/C16H24BrNO2/c1-12(2)18-11-13-5-6-16(15(17)10-13)20-9-7-14-4-3-8-19-14/h5-6,10,12,14,18H,3-4,7-9,11H2,1-2H3. The minimum absolute atomic E-state index is 0.392. The lowest BCUT2D eigenvalue weighted by Crippen LogP contribution is -2.21. The van der Waals surface area contributed by atoms with E-state index in [4.69, 9.17) is 9.47 Å². The third-order valence-corrected chi connectivity index (χ3v) is 4.05. The zero-order chi connectivity index (χ0) is 14.4. The SMILES string of the molecule is CC(C)NCc1ccc(OCCC2CCCO2)c(Br)c1. The molecule has 4 heteroatoms. The van der Waals surface area contributed by atoms with Gasteiger partial charge >= 0.3 is 0 Å². The Labute approximate surface area is 130 Å². The predicted molar refractivity (Wildman–Crippen MR) is 85.2 cm³/mol. The molecule has 0 spiro atoms. The number of benzene rings is 1. The van der Waals surface area contributed by atoms with Gasteiger partial charge in [-0.3, -0.25) is 0 Å². The molecule has 0 radical (unpaired) electrons. The Balaban J connectivity index is 1.79. The first-order valence-electron chi connectivity index (χ1n) is 7.41. The molecule has 2 rings (SSSR count). The minimum Gasteiger partial charge on any atom is -0.492 e. The highest BCUT2D eigenvalue weighted by Crippen LogP contribution is 2.26. The molecule has 1 unspecified atom stereocenters. The quantitative estimate of drug-likeness (QED) is 0.815. The van der Waals surface area contributed by atoms with E-state index in [0.29, 0.717) is 18.8 Å². The second kappa shape index (κ2) is 8.01. The maximum atomic E-state index is 5.83. The molecule has 1 atom stereocenters. The Morgan fingerprint density at radius 3 is 2.95 bits per heavy atom. The van der Waals surface area contributed by atoms with Crippen LogP contribution in [0.3, 0.4) is 0 Å². The molecule has 1 saturated heterocycles. The van der Waals surface area contributed by atoms with E-state index in [0.717, 1.165) is 29.8 Å². The van der Waals surface area contributed by atoms with E-state index in [9.17, 15) is 0 Å². The lowest BCUT2D eigenvalue weighted by atomic mass is 10.2. The van der Waals surface area contributed by atoms with Gasteiger partial charge in [-0.05, 0) is 46.5 Å². The number of ether oxygens (including phenoxy) is 2. The molecule has 0 bridgehead atoms. The molecule has 3 nitrogen and oxygen atoms in total. The first-order chi connectivity index (χ1) is 9.65. The van der Waals surface area contributed by atoms with E-state index in [-0.39, 0.29) is 0 Å². The zero-order valence-electron chi connectivity index (χ0n) is 12.3. The van der Waals surface area contributed by atoms with Gasteiger partial charge in [-0.15, -0.1) is 0 Å². The van der Waals surface area contributed by atoms with E-state index < -0.39 is 0 Å². The van der Waals surface area contributed by atoms with Gasteiger partial charge < -0.3 is 14.8 Å². The van der Waals surface area contributed by atoms with Gasteiger partial charge in [0.15, 0.2) is 0 Å². The molecule has 1 N–H and O–H groups in total. The van der Waals surface area contributed by atoms with Crippen LogP contribution in [0.25, 0.3) is 0 Å². The molecule has 0 aromatic heterocycles. The van der Waals surface area contributed by atoms with Crippen LogP contribution in [0, 0.1) is 0 Å². The number of rotatable bonds is 7. The molecule has 0 aliphatic carbocycles. The molecule has 1 aromatic carbocycles. The van der Waals surface area contributed by atoms with Crippen LogP contribution in [-0.4, -0.2) is 25.4 Å². The Hall–Kier alpha value is -0.580. The van der Waals surface area contributed by atoms with Gasteiger partial charge in [-0.25, -0.2) is 0 Å². The Bertz CT molecular complexity index is 417. The van der Waals surface area contributed by atoms with Gasteiger partial charge in [-0.1, -0.05) is 19.9 Å². The summed E-state index contributed by atoms with van der Waals surface area (Å²) in [6.45, 7) is 6.81. The van der Waals surface area contributed by atoms with E-state index in [1.165, 1.54) is 18.4 Å². The van der Waals surface area contributed by atoms with Crippen molar-refractivity contribution in [3.05, 3.63) is 28.2 Å². The number of hydrogen-bond donors (Lipinski definition) is 1. The molecule has 1 fully saturated rings. The van der Waals surface area contributed by atoms with Crippen LogP contribution in [0.2, 0.25) is 0 Å². The second-order valence-electron chi connectivity index (χ2n) is 5.57. The first kappa shape index (κ1) is 15.8. The van der Waals surface area contributed by atoms with E-state index >= 15 is 0 Å². The maximum absolute atomic E-state index is 5.83. The maximum Gasteiger partial charge on any atom is 0.133 e. The fraction of sp³-hybridized carbons (Fsp3) is 0.625. The van der Waals surface area contributed by atoms with E-state index in [1.807, 2.05) is 6.07 Å². The monoisotopic (exact) mass is 341 g/mol. The number of hydrogen-bond acceptors (Lipinski definition) is 3. The van der Waals surface area contributed by atoms with Crippen molar-refractivity contribution in [2.24, 2.45) is 0 Å². The molecule has 20 heavy (non-hydrogen) atoms. The Kier molecular flexibility index (Phi) is 6.33. The average molecular weight is 342 g/mol. The molecule has 1 aromatic rings. The summed E-state index contributed by atoms with van der Waals surface area (Å²) in [7, 11) is 0. The molecule has 0 amide bonds. The Morgan fingerprint density at radius 2 is 2.30 bits per heavy atom. The van der Waals surface area contributed by atoms with Crippen molar-refractivity contribution in [3.8, 4) is 5.75 Å². The molecule has 1 aliphatic rings. The molecular weight excluding hydrogens is 318 g/mol. The minimum atomic E-state index is 0.392. The highest BCUT2D eigenvalue weighted by atomic mass is 79.9. The van der Waals surface area contributed by atoms with Crippen molar-refractivity contribution in [1.29, 1.82) is 0 Å². The summed E-state index contributed by atoms with van der Waals surface area (Å²) in [5, 5.41) is 3.41. The van der Waals surface area contributed by atoms with Gasteiger partial charge in [0.05, 0.1) is 17.2 Å². The second-order valence-corrected chi connectivity index (χ2v) is 6.43. The molecule has 112 valence electrons. The summed E-state index contributed by atoms with van der Waals surface area (Å²) >= 11 is 3.58. The zero-order valence-corrected chi connectivity index (χ0v) is 13.9. The van der Waals surface area contributed by atoms with Crippen molar-refractivity contribution in [2.45, 2.75) is 51.8 Å². The van der Waals surface area contributed by atoms with E-state index in [1.54, 1.807) is 0 Å². The van der Waals surface area contributed by atoms with Crippen molar-refractivity contribution < 1.29 is 9.47 Å². The Morgan fingerprint density at radius 1 is 1.45 bits per heavy atom. The van der Waals surface area contributed by atoms with Gasteiger partial charge in [0.25, 0.3) is 0 Å². The van der Waals surface area contributed by atoms with Crippen molar-refractivity contribution in [2.75, 3.05) is 13.2 Å². The van der Waals surface area contributed by atoms with Gasteiger partial charge in [0, 0.05) is 25.6 Å². The predicted octanol–water partition coefficient (Wildman–Crippen LogP) is 3.90. The third-order valence-electron chi connectivity index (χ3n) is 3.43. The topological polar surface area (TPSA) is 30.5 Å². The largest absolute Gasteiger partial charge is 0.492 e. The van der Waals surface area contributed by atoms with Crippen LogP contribution >= 0.6 is 15.9 Å². The van der Waals surface area contributed by atoms with E-state index in [2.05, 4.69) is 47.2 Å². The smallest absolute Gasteiger partial charge is 0.133 e. The molecule has 1 aliphatic heterocycles. The molecular formula is C16H24BrNO2. The average Bonchev–Trinajstić information content (AvgIpc) is 2.92. The van der Waals surface area contributed by atoms with Gasteiger partial charge in [0.2, 0.25) is 0 Å². The summed E-state index contributed by atoms with van der Waals surface area (Å²) in [6, 6.07) is 6.77. The summed E-state index contributed by atoms with van der Waals surface area (Å²) in [4.78, 5) is 0. The lowest BCUT2D eigenvalue weighted by molar-refractivity contribution is 0.0902. The summed E-state index contributed by atoms with van der Waals surface area (Å²) < 4.78 is 12.4. The lowest BCUT2D eigenvalue weighted by Gasteiger charge is -2.13. The van der Waals surface area contributed by atoms with Crippen LogP contribution in [0.5, 0.6) is 5.75 Å². The third kappa shape index (κ3) is 5.08. The summed E-state index contributed by atoms with van der Waals surface area (Å²) in [5.41, 5.74) is 1.26. The normalized spacial score (nSPS) is 18.7. The highest BCUT2D eigenvalue weighted by molar-refractivity contribution is 9.10. The summed E-state index contributed by atoms with van der Waals surface area (Å²) in [5.74, 6) is 0.913.